The summed E-state index contributed by atoms with van der Waals surface area (Å²) in [6.07, 6.45) is -2.55. The lowest BCUT2D eigenvalue weighted by Gasteiger charge is -2.26. The molecule has 0 spiro atoms. The summed E-state index contributed by atoms with van der Waals surface area (Å²) in [6, 6.07) is 22.7. The number of rotatable bonds is 8. The predicted molar refractivity (Wildman–Crippen MR) is 150 cm³/mol. The van der Waals surface area contributed by atoms with Crippen molar-refractivity contribution < 1.29 is 27.4 Å². The smallest absolute Gasteiger partial charge is 0.489 e. The molecule has 2 amide bonds. The van der Waals surface area contributed by atoms with Gasteiger partial charge in [0, 0.05) is 18.2 Å². The van der Waals surface area contributed by atoms with Gasteiger partial charge in [-0.05, 0) is 88.7 Å². The number of nitrogen functional groups attached to an aromatic ring is 1. The molecule has 7 nitrogen and oxygen atoms in total. The maximum Gasteiger partial charge on any atom is 0.573 e. The van der Waals surface area contributed by atoms with Crippen molar-refractivity contribution in [3.05, 3.63) is 107 Å². The van der Waals surface area contributed by atoms with Crippen LogP contribution in [0, 0.1) is 5.41 Å². The molecule has 5 N–H and O–H groups in total. The monoisotopic (exact) mass is 562 g/mol. The number of ether oxygens (including phenoxy) is 2. The van der Waals surface area contributed by atoms with E-state index in [1.165, 1.54) is 23.8 Å². The number of fused-ring (bicyclic) bond motifs is 2. The Morgan fingerprint density at radius 1 is 0.927 bits per heavy atom. The number of nitrogens with one attached hydrogen (secondary N) is 3. The van der Waals surface area contributed by atoms with Crippen LogP contribution in [0.3, 0.4) is 0 Å². The van der Waals surface area contributed by atoms with Gasteiger partial charge in [0.15, 0.2) is 0 Å². The van der Waals surface area contributed by atoms with Crippen LogP contribution in [-0.4, -0.2) is 24.3 Å². The Kier molecular flexibility index (Phi) is 8.00. The van der Waals surface area contributed by atoms with Gasteiger partial charge < -0.3 is 25.8 Å². The second-order valence-electron chi connectivity index (χ2n) is 9.99. The third-order valence-electron chi connectivity index (χ3n) is 6.95. The van der Waals surface area contributed by atoms with Crippen LogP contribution in [0.2, 0.25) is 0 Å². The van der Waals surface area contributed by atoms with E-state index < -0.39 is 6.36 Å². The van der Waals surface area contributed by atoms with E-state index in [0.29, 0.717) is 24.2 Å². The molecule has 0 saturated heterocycles. The van der Waals surface area contributed by atoms with Crippen LogP contribution in [-0.2, 0) is 26.0 Å². The number of alkyl halides is 3. The Morgan fingerprint density at radius 3 is 2.54 bits per heavy atom. The van der Waals surface area contributed by atoms with E-state index in [-0.39, 0.29) is 30.2 Å². The standard InChI is InChI=1S/C31H29F3N4O3/c32-31(33,34)41-28-3-1-2-19(13-28)17-37-30(39)38-26-10-8-21-9-11-27(16-25(21)15-26)40-18-20-4-5-23-14-24(29(35)36)7-6-22(23)12-20/h1-7,9,11-14,16,26H,8,10,15,17-18H2,(H3,35,36)(H2,37,38,39). The van der Waals surface area contributed by atoms with Crippen LogP contribution in [0.5, 0.6) is 11.5 Å². The Morgan fingerprint density at radius 2 is 1.73 bits per heavy atom. The molecule has 0 fully saturated rings. The average Bonchev–Trinajstić information content (AvgIpc) is 2.93. The highest BCUT2D eigenvalue weighted by Gasteiger charge is 2.31. The first-order chi connectivity index (χ1) is 19.6. The van der Waals surface area contributed by atoms with Crippen molar-refractivity contribution in [2.45, 2.75) is 44.8 Å². The number of urea groups is 1. The summed E-state index contributed by atoms with van der Waals surface area (Å²) in [5, 5.41) is 15.3. The number of hydrogen-bond donors (Lipinski definition) is 4. The normalized spacial score (nSPS) is 14.7. The fourth-order valence-electron chi connectivity index (χ4n) is 4.94. The number of amides is 2. The summed E-state index contributed by atoms with van der Waals surface area (Å²) in [5.41, 5.74) is 10.1. The summed E-state index contributed by atoms with van der Waals surface area (Å²) >= 11 is 0. The molecule has 0 radical (unpaired) electrons. The first-order valence-corrected chi connectivity index (χ1v) is 13.1. The van der Waals surface area contributed by atoms with Gasteiger partial charge in [-0.15, -0.1) is 13.2 Å². The first-order valence-electron chi connectivity index (χ1n) is 13.1. The van der Waals surface area contributed by atoms with Gasteiger partial charge in [0.25, 0.3) is 0 Å². The Labute approximate surface area is 235 Å². The molecule has 0 aromatic heterocycles. The van der Waals surface area contributed by atoms with Gasteiger partial charge in [-0.3, -0.25) is 5.41 Å². The average molecular weight is 563 g/mol. The van der Waals surface area contributed by atoms with Crippen molar-refractivity contribution >= 4 is 22.6 Å². The highest BCUT2D eigenvalue weighted by molar-refractivity contribution is 5.99. The second-order valence-corrected chi connectivity index (χ2v) is 9.99. The van der Waals surface area contributed by atoms with E-state index in [9.17, 15) is 18.0 Å². The Bertz CT molecular complexity index is 1590. The first kappa shape index (κ1) is 27.8. The summed E-state index contributed by atoms with van der Waals surface area (Å²) < 4.78 is 47.4. The highest BCUT2D eigenvalue weighted by Crippen LogP contribution is 2.27. The van der Waals surface area contributed by atoms with E-state index in [4.69, 9.17) is 15.9 Å². The molecule has 5 rings (SSSR count). The molecule has 1 atom stereocenters. The molecular formula is C31H29F3N4O3. The number of aryl methyl sites for hydroxylation is 1. The van der Waals surface area contributed by atoms with Gasteiger partial charge in [0.2, 0.25) is 0 Å². The molecule has 41 heavy (non-hydrogen) atoms. The van der Waals surface area contributed by atoms with Crippen molar-refractivity contribution in [3.8, 4) is 11.5 Å². The molecule has 4 aromatic carbocycles. The van der Waals surface area contributed by atoms with Crippen molar-refractivity contribution in [3.63, 3.8) is 0 Å². The zero-order valence-corrected chi connectivity index (χ0v) is 22.1. The number of hydrogen-bond acceptors (Lipinski definition) is 4. The number of benzene rings is 4. The van der Waals surface area contributed by atoms with E-state index in [1.807, 2.05) is 42.5 Å². The van der Waals surface area contributed by atoms with Crippen LogP contribution in [0.25, 0.3) is 10.8 Å². The van der Waals surface area contributed by atoms with E-state index in [1.54, 1.807) is 6.07 Å². The SMILES string of the molecule is N=C(N)c1ccc2cc(COc3ccc4c(c3)CC(NC(=O)NCc3cccc(OC(F)(F)F)c3)CC4)ccc2c1. The van der Waals surface area contributed by atoms with Gasteiger partial charge in [-0.1, -0.05) is 42.5 Å². The van der Waals surface area contributed by atoms with Crippen molar-refractivity contribution in [1.82, 2.24) is 10.6 Å². The minimum absolute atomic E-state index is 0.0360. The number of carbonyl (C=O) groups excluding carboxylic acids is 1. The quantitative estimate of drug-likeness (QED) is 0.157. The van der Waals surface area contributed by atoms with Crippen LogP contribution in [0.15, 0.2) is 78.9 Å². The third-order valence-corrected chi connectivity index (χ3v) is 6.95. The summed E-state index contributed by atoms with van der Waals surface area (Å²) in [4.78, 5) is 12.5. The van der Waals surface area contributed by atoms with Crippen LogP contribution >= 0.6 is 0 Å². The second kappa shape index (κ2) is 11.8. The number of amidine groups is 1. The molecule has 10 heteroatoms. The summed E-state index contributed by atoms with van der Waals surface area (Å²) in [7, 11) is 0. The van der Waals surface area contributed by atoms with Crippen molar-refractivity contribution in [1.29, 1.82) is 5.41 Å². The largest absolute Gasteiger partial charge is 0.573 e. The maximum atomic E-state index is 12.5. The van der Waals surface area contributed by atoms with Crippen LogP contribution in [0.1, 0.15) is 34.2 Å². The van der Waals surface area contributed by atoms with Gasteiger partial charge in [-0.2, -0.15) is 0 Å². The van der Waals surface area contributed by atoms with E-state index in [2.05, 4.69) is 27.5 Å². The molecule has 1 unspecified atom stereocenters. The molecular weight excluding hydrogens is 533 g/mol. The molecule has 1 aliphatic carbocycles. The fraction of sp³-hybridized carbons (Fsp3) is 0.226. The zero-order valence-electron chi connectivity index (χ0n) is 22.1. The zero-order chi connectivity index (χ0) is 29.0. The molecule has 0 bridgehead atoms. The maximum absolute atomic E-state index is 12.5. The number of nitrogens with two attached hydrogens (primary N) is 1. The molecule has 0 saturated carbocycles. The van der Waals surface area contributed by atoms with Gasteiger partial charge in [0.05, 0.1) is 0 Å². The fourth-order valence-corrected chi connectivity index (χ4v) is 4.94. The molecule has 0 aliphatic heterocycles. The number of carbonyl (C=O) groups is 1. The summed E-state index contributed by atoms with van der Waals surface area (Å²) in [6.45, 7) is 0.456. The van der Waals surface area contributed by atoms with Crippen molar-refractivity contribution in [2.75, 3.05) is 0 Å². The van der Waals surface area contributed by atoms with Gasteiger partial charge >= 0.3 is 12.4 Å². The minimum atomic E-state index is -4.77. The molecule has 0 heterocycles. The highest BCUT2D eigenvalue weighted by atomic mass is 19.4. The van der Waals surface area contributed by atoms with Crippen LogP contribution < -0.4 is 25.8 Å². The Hall–Kier alpha value is -4.73. The minimum Gasteiger partial charge on any atom is -0.489 e. The molecule has 212 valence electrons. The lowest BCUT2D eigenvalue weighted by atomic mass is 9.88. The van der Waals surface area contributed by atoms with Gasteiger partial charge in [-0.25, -0.2) is 4.79 Å². The third kappa shape index (κ3) is 7.47. The summed E-state index contributed by atoms with van der Waals surface area (Å²) in [5.74, 6) is 0.443. The topological polar surface area (TPSA) is 109 Å². The molecule has 1 aliphatic rings. The molecule has 4 aromatic rings. The van der Waals surface area contributed by atoms with Crippen molar-refractivity contribution in [2.24, 2.45) is 5.73 Å². The number of halogens is 3. The van der Waals surface area contributed by atoms with E-state index >= 15 is 0 Å². The van der Waals surface area contributed by atoms with Crippen LogP contribution in [0.4, 0.5) is 18.0 Å². The lowest BCUT2D eigenvalue weighted by Crippen LogP contribution is -2.44. The lowest BCUT2D eigenvalue weighted by molar-refractivity contribution is -0.274. The predicted octanol–water partition coefficient (Wildman–Crippen LogP) is 5.96. The van der Waals surface area contributed by atoms with E-state index in [0.717, 1.165) is 40.5 Å². The Balaban J connectivity index is 1.14. The van der Waals surface area contributed by atoms with Gasteiger partial charge in [0.1, 0.15) is 23.9 Å².